The van der Waals surface area contributed by atoms with Gasteiger partial charge in [-0.3, -0.25) is 14.4 Å². The molecule has 0 aliphatic carbocycles. The monoisotopic (exact) mass is 396 g/mol. The van der Waals surface area contributed by atoms with Crippen molar-refractivity contribution >= 4 is 34.7 Å². The van der Waals surface area contributed by atoms with Crippen molar-refractivity contribution in [1.82, 2.24) is 4.90 Å². The summed E-state index contributed by atoms with van der Waals surface area (Å²) >= 11 is 1.02. The van der Waals surface area contributed by atoms with Crippen LogP contribution in [0, 0.1) is 0 Å². The highest BCUT2D eigenvalue weighted by molar-refractivity contribution is 8.14. The Kier molecular flexibility index (Phi) is 5.94. The number of thioether (sulfide) groups is 1. The zero-order valence-corrected chi connectivity index (χ0v) is 16.4. The molecule has 0 saturated heterocycles. The second-order valence-corrected chi connectivity index (χ2v) is 7.03. The number of benzene rings is 2. The average Bonchev–Trinajstić information content (AvgIpc) is 3.01. The number of carbonyl (C=O) groups excluding carboxylic acids is 3. The lowest BCUT2D eigenvalue weighted by atomic mass is 9.83. The number of aliphatic imine (C=N–C) groups is 1. The van der Waals surface area contributed by atoms with Crippen molar-refractivity contribution in [3.8, 4) is 0 Å². The molecule has 144 valence electrons. The van der Waals surface area contributed by atoms with Crippen LogP contribution in [0.25, 0.3) is 0 Å². The molecule has 0 spiro atoms. The van der Waals surface area contributed by atoms with Gasteiger partial charge in [0.2, 0.25) is 5.91 Å². The van der Waals surface area contributed by atoms with Crippen molar-refractivity contribution in [1.29, 1.82) is 0 Å². The summed E-state index contributed by atoms with van der Waals surface area (Å²) in [5.74, 6) is -1.37. The molecule has 0 radical (unpaired) electrons. The van der Waals surface area contributed by atoms with Gasteiger partial charge in [0.05, 0.1) is 12.4 Å². The van der Waals surface area contributed by atoms with E-state index in [0.717, 1.165) is 16.7 Å². The van der Waals surface area contributed by atoms with Crippen molar-refractivity contribution in [2.75, 3.05) is 12.4 Å². The van der Waals surface area contributed by atoms with Crippen molar-refractivity contribution < 1.29 is 19.1 Å². The van der Waals surface area contributed by atoms with Gasteiger partial charge in [0.15, 0.2) is 10.7 Å². The maximum atomic E-state index is 13.5. The standard InChI is InChI=1S/C21H20N2O4S/c1-3-27-18(25)14-28-20-22-21(16-10-6-4-7-11-16,17-12-8-5-9-13-17)19(26)23(20)15(2)24/h4-13H,3,14H2,1-2H3. The Labute approximate surface area is 167 Å². The molecule has 0 bridgehead atoms. The number of hydrogen-bond acceptors (Lipinski definition) is 6. The molecule has 1 heterocycles. The van der Waals surface area contributed by atoms with Crippen molar-refractivity contribution in [2.24, 2.45) is 4.99 Å². The van der Waals surface area contributed by atoms with Gasteiger partial charge in [0, 0.05) is 6.92 Å². The van der Waals surface area contributed by atoms with Gasteiger partial charge in [0.1, 0.15) is 0 Å². The first kappa shape index (κ1) is 19.8. The Morgan fingerprint density at radius 3 is 2.04 bits per heavy atom. The number of amidine groups is 1. The lowest BCUT2D eigenvalue weighted by Crippen LogP contribution is -2.43. The largest absolute Gasteiger partial charge is 0.465 e. The van der Waals surface area contributed by atoms with Gasteiger partial charge < -0.3 is 4.74 Å². The van der Waals surface area contributed by atoms with E-state index < -0.39 is 23.3 Å². The van der Waals surface area contributed by atoms with Gasteiger partial charge in [-0.15, -0.1) is 0 Å². The summed E-state index contributed by atoms with van der Waals surface area (Å²) in [7, 11) is 0. The predicted octanol–water partition coefficient (Wildman–Crippen LogP) is 2.97. The molecule has 2 aromatic carbocycles. The lowest BCUT2D eigenvalue weighted by molar-refractivity contribution is -0.141. The van der Waals surface area contributed by atoms with Gasteiger partial charge in [0.25, 0.3) is 5.91 Å². The first-order valence-corrected chi connectivity index (χ1v) is 9.83. The number of hydrogen-bond donors (Lipinski definition) is 0. The highest BCUT2D eigenvalue weighted by Gasteiger charge is 2.52. The Morgan fingerprint density at radius 1 is 1.04 bits per heavy atom. The van der Waals surface area contributed by atoms with Gasteiger partial charge in [-0.1, -0.05) is 72.4 Å². The molecule has 1 aliphatic rings. The molecule has 0 aromatic heterocycles. The van der Waals surface area contributed by atoms with Gasteiger partial charge in [-0.25, -0.2) is 9.89 Å². The van der Waals surface area contributed by atoms with Crippen LogP contribution in [0.1, 0.15) is 25.0 Å². The molecule has 1 aliphatic heterocycles. The Hall–Kier alpha value is -2.93. The number of imide groups is 1. The third kappa shape index (κ3) is 3.57. The molecule has 0 unspecified atom stereocenters. The number of rotatable bonds is 5. The van der Waals surface area contributed by atoms with Crippen LogP contribution in [0.5, 0.6) is 0 Å². The van der Waals surface area contributed by atoms with E-state index >= 15 is 0 Å². The highest BCUT2D eigenvalue weighted by Crippen LogP contribution is 2.41. The highest BCUT2D eigenvalue weighted by atomic mass is 32.2. The molecular formula is C21H20N2O4S. The molecule has 6 nitrogen and oxygen atoms in total. The average molecular weight is 396 g/mol. The van der Waals surface area contributed by atoms with E-state index in [0.29, 0.717) is 11.1 Å². The molecular weight excluding hydrogens is 376 g/mol. The van der Waals surface area contributed by atoms with E-state index in [2.05, 4.69) is 0 Å². The summed E-state index contributed by atoms with van der Waals surface area (Å²) in [6, 6.07) is 18.2. The fourth-order valence-electron chi connectivity index (χ4n) is 3.09. The number of esters is 1. The van der Waals surface area contributed by atoms with Crippen molar-refractivity contribution in [3.63, 3.8) is 0 Å². The third-order valence-electron chi connectivity index (χ3n) is 4.29. The van der Waals surface area contributed by atoms with Crippen LogP contribution in [0.2, 0.25) is 0 Å². The predicted molar refractivity (Wildman–Crippen MR) is 108 cm³/mol. The van der Waals surface area contributed by atoms with E-state index in [1.54, 1.807) is 6.92 Å². The molecule has 2 amide bonds. The first-order valence-electron chi connectivity index (χ1n) is 8.85. The lowest BCUT2D eigenvalue weighted by Gasteiger charge is -2.26. The maximum Gasteiger partial charge on any atom is 0.316 e. The summed E-state index contributed by atoms with van der Waals surface area (Å²) in [6.07, 6.45) is 0. The number of amides is 2. The van der Waals surface area contributed by atoms with E-state index in [9.17, 15) is 14.4 Å². The molecule has 2 aromatic rings. The topological polar surface area (TPSA) is 76.0 Å². The van der Waals surface area contributed by atoms with Crippen LogP contribution in [-0.2, 0) is 24.7 Å². The van der Waals surface area contributed by atoms with E-state index in [4.69, 9.17) is 9.73 Å². The third-order valence-corrected chi connectivity index (χ3v) is 5.20. The number of carbonyl (C=O) groups is 3. The van der Waals surface area contributed by atoms with Crippen molar-refractivity contribution in [3.05, 3.63) is 71.8 Å². The second kappa shape index (κ2) is 8.39. The van der Waals surface area contributed by atoms with Crippen LogP contribution in [0.15, 0.2) is 65.7 Å². The van der Waals surface area contributed by atoms with Crippen molar-refractivity contribution in [2.45, 2.75) is 19.4 Å². The molecule has 0 saturated carbocycles. The number of nitrogens with zero attached hydrogens (tertiary/aromatic N) is 2. The fraction of sp³-hybridized carbons (Fsp3) is 0.238. The van der Waals surface area contributed by atoms with E-state index in [1.165, 1.54) is 6.92 Å². The summed E-state index contributed by atoms with van der Waals surface area (Å²) in [5.41, 5.74) is -0.0566. The quantitative estimate of drug-likeness (QED) is 0.727. The van der Waals surface area contributed by atoms with Crippen LogP contribution in [0.3, 0.4) is 0 Å². The SMILES string of the molecule is CCOC(=O)CSC1=NC(c2ccccc2)(c2ccccc2)C(=O)N1C(C)=O. The zero-order valence-electron chi connectivity index (χ0n) is 15.6. The normalized spacial score (nSPS) is 15.3. The zero-order chi connectivity index (χ0) is 20.1. The Balaban J connectivity index is 2.12. The molecule has 28 heavy (non-hydrogen) atoms. The molecule has 0 N–H and O–H groups in total. The summed E-state index contributed by atoms with van der Waals surface area (Å²) < 4.78 is 4.94. The first-order chi connectivity index (χ1) is 13.5. The Morgan fingerprint density at radius 2 is 1.57 bits per heavy atom. The molecule has 3 rings (SSSR count). The molecule has 0 fully saturated rings. The summed E-state index contributed by atoms with van der Waals surface area (Å²) in [6.45, 7) is 3.29. The van der Waals surface area contributed by atoms with Crippen LogP contribution in [-0.4, -0.2) is 40.2 Å². The minimum absolute atomic E-state index is 0.0383. The van der Waals surface area contributed by atoms with Crippen LogP contribution >= 0.6 is 11.8 Å². The minimum Gasteiger partial charge on any atom is -0.465 e. The Bertz CT molecular complexity index is 873. The van der Waals surface area contributed by atoms with Crippen LogP contribution in [0.4, 0.5) is 0 Å². The van der Waals surface area contributed by atoms with E-state index in [-0.39, 0.29) is 17.5 Å². The van der Waals surface area contributed by atoms with Gasteiger partial charge in [-0.05, 0) is 18.1 Å². The molecule has 7 heteroatoms. The minimum atomic E-state index is -1.37. The summed E-state index contributed by atoms with van der Waals surface area (Å²) in [4.78, 5) is 43.3. The van der Waals surface area contributed by atoms with E-state index in [1.807, 2.05) is 60.7 Å². The smallest absolute Gasteiger partial charge is 0.316 e. The van der Waals surface area contributed by atoms with Crippen LogP contribution < -0.4 is 0 Å². The maximum absolute atomic E-state index is 13.5. The van der Waals surface area contributed by atoms with Gasteiger partial charge in [-0.2, -0.15) is 0 Å². The van der Waals surface area contributed by atoms with Gasteiger partial charge >= 0.3 is 5.97 Å². The fourth-order valence-corrected chi connectivity index (χ4v) is 3.96. The second-order valence-electron chi connectivity index (χ2n) is 6.09. The summed E-state index contributed by atoms with van der Waals surface area (Å²) in [5, 5.41) is 0.193. The molecule has 0 atom stereocenters. The number of ether oxygens (including phenoxy) is 1.